The number of hydrogen-bond donors (Lipinski definition) is 1. The summed E-state index contributed by atoms with van der Waals surface area (Å²) in [5.74, 6) is 0. The Kier molecular flexibility index (Phi) is 4.32. The molecule has 1 aliphatic heterocycles. The number of amides is 2. The maximum absolute atomic E-state index is 11.0. The second-order valence-corrected chi connectivity index (χ2v) is 5.16. The molecule has 0 saturated carbocycles. The Bertz CT molecular complexity index is 445. The molecule has 0 bridgehead atoms. The maximum Gasteiger partial charge on any atom is 0.314 e. The fourth-order valence-electron chi connectivity index (χ4n) is 2.02. The minimum atomic E-state index is -0.343. The van der Waals surface area contributed by atoms with E-state index < -0.39 is 0 Å². The molecule has 0 aromatic heterocycles. The van der Waals surface area contributed by atoms with Crippen molar-refractivity contribution in [2.75, 3.05) is 26.2 Å². The van der Waals surface area contributed by atoms with E-state index in [9.17, 15) is 4.79 Å². The summed E-state index contributed by atoms with van der Waals surface area (Å²) in [7, 11) is 0. The Morgan fingerprint density at radius 1 is 1.17 bits per heavy atom. The highest BCUT2D eigenvalue weighted by molar-refractivity contribution is 6.42. The Labute approximate surface area is 116 Å². The molecule has 1 saturated heterocycles. The third-order valence-corrected chi connectivity index (χ3v) is 3.81. The highest BCUT2D eigenvalue weighted by Gasteiger charge is 2.19. The molecule has 2 rings (SSSR count). The molecule has 6 heteroatoms. The van der Waals surface area contributed by atoms with Crippen LogP contribution in [0.4, 0.5) is 4.79 Å². The zero-order valence-electron chi connectivity index (χ0n) is 9.90. The summed E-state index contributed by atoms with van der Waals surface area (Å²) in [6.07, 6.45) is 0. The van der Waals surface area contributed by atoms with E-state index in [1.165, 1.54) is 0 Å². The largest absolute Gasteiger partial charge is 0.351 e. The van der Waals surface area contributed by atoms with Crippen LogP contribution in [0.1, 0.15) is 5.56 Å². The van der Waals surface area contributed by atoms with Gasteiger partial charge in [-0.1, -0.05) is 29.3 Å². The summed E-state index contributed by atoms with van der Waals surface area (Å²) in [5.41, 5.74) is 6.36. The number of piperazine rings is 1. The summed E-state index contributed by atoms with van der Waals surface area (Å²) in [5, 5.41) is 1.14. The Balaban J connectivity index is 1.91. The van der Waals surface area contributed by atoms with Gasteiger partial charge in [-0.25, -0.2) is 4.79 Å². The average Bonchev–Trinajstić information content (AvgIpc) is 2.34. The molecule has 1 aromatic rings. The van der Waals surface area contributed by atoms with E-state index in [0.717, 1.165) is 25.2 Å². The van der Waals surface area contributed by atoms with Crippen LogP contribution in [0.15, 0.2) is 18.2 Å². The smallest absolute Gasteiger partial charge is 0.314 e. The quantitative estimate of drug-likeness (QED) is 0.907. The minimum absolute atomic E-state index is 0.343. The molecule has 18 heavy (non-hydrogen) atoms. The first kappa shape index (κ1) is 13.5. The van der Waals surface area contributed by atoms with Gasteiger partial charge in [0.2, 0.25) is 0 Å². The maximum atomic E-state index is 11.0. The standard InChI is InChI=1S/C12H15Cl2N3O/c13-10-2-1-9(7-11(10)14)8-16-3-5-17(6-4-16)12(15)18/h1-2,7H,3-6,8H2,(H2,15,18). The Morgan fingerprint density at radius 2 is 1.83 bits per heavy atom. The van der Waals surface area contributed by atoms with Gasteiger partial charge in [-0.15, -0.1) is 0 Å². The lowest BCUT2D eigenvalue weighted by atomic mass is 10.2. The number of benzene rings is 1. The first-order valence-corrected chi connectivity index (χ1v) is 6.52. The van der Waals surface area contributed by atoms with E-state index in [0.29, 0.717) is 23.1 Å². The van der Waals surface area contributed by atoms with E-state index in [2.05, 4.69) is 4.90 Å². The minimum Gasteiger partial charge on any atom is -0.351 e. The monoisotopic (exact) mass is 287 g/mol. The van der Waals surface area contributed by atoms with Crippen LogP contribution < -0.4 is 5.73 Å². The number of rotatable bonds is 2. The zero-order chi connectivity index (χ0) is 13.1. The van der Waals surface area contributed by atoms with Gasteiger partial charge in [0.05, 0.1) is 10.0 Å². The van der Waals surface area contributed by atoms with Crippen LogP contribution in [0.2, 0.25) is 10.0 Å². The summed E-state index contributed by atoms with van der Waals surface area (Å²) in [4.78, 5) is 14.9. The summed E-state index contributed by atoms with van der Waals surface area (Å²) in [6.45, 7) is 3.81. The van der Waals surface area contributed by atoms with Gasteiger partial charge < -0.3 is 10.6 Å². The second kappa shape index (κ2) is 5.78. The molecule has 4 nitrogen and oxygen atoms in total. The Morgan fingerprint density at radius 3 is 2.39 bits per heavy atom. The molecule has 0 aliphatic carbocycles. The van der Waals surface area contributed by atoms with Crippen molar-refractivity contribution in [3.63, 3.8) is 0 Å². The SMILES string of the molecule is NC(=O)N1CCN(Cc2ccc(Cl)c(Cl)c2)CC1. The van der Waals surface area contributed by atoms with Gasteiger partial charge in [0.1, 0.15) is 0 Å². The van der Waals surface area contributed by atoms with Crippen molar-refractivity contribution in [2.45, 2.75) is 6.54 Å². The summed E-state index contributed by atoms with van der Waals surface area (Å²) < 4.78 is 0. The molecular formula is C12H15Cl2N3O. The molecular weight excluding hydrogens is 273 g/mol. The van der Waals surface area contributed by atoms with Crippen LogP contribution in [-0.4, -0.2) is 42.0 Å². The van der Waals surface area contributed by atoms with Crippen molar-refractivity contribution in [1.82, 2.24) is 9.80 Å². The van der Waals surface area contributed by atoms with Crippen molar-refractivity contribution < 1.29 is 4.79 Å². The van der Waals surface area contributed by atoms with Crippen LogP contribution in [0.3, 0.4) is 0 Å². The molecule has 1 heterocycles. The number of urea groups is 1. The summed E-state index contributed by atoms with van der Waals surface area (Å²) in [6, 6.07) is 5.31. The van der Waals surface area contributed by atoms with Crippen molar-refractivity contribution in [1.29, 1.82) is 0 Å². The van der Waals surface area contributed by atoms with E-state index in [4.69, 9.17) is 28.9 Å². The molecule has 98 valence electrons. The van der Waals surface area contributed by atoms with Crippen molar-refractivity contribution >= 4 is 29.2 Å². The van der Waals surface area contributed by atoms with E-state index in [1.807, 2.05) is 12.1 Å². The topological polar surface area (TPSA) is 49.6 Å². The van der Waals surface area contributed by atoms with E-state index >= 15 is 0 Å². The zero-order valence-corrected chi connectivity index (χ0v) is 11.4. The number of halogens is 2. The van der Waals surface area contributed by atoms with Crippen LogP contribution in [0.5, 0.6) is 0 Å². The highest BCUT2D eigenvalue weighted by Crippen LogP contribution is 2.23. The van der Waals surface area contributed by atoms with Crippen LogP contribution in [0, 0.1) is 0 Å². The van der Waals surface area contributed by atoms with E-state index in [-0.39, 0.29) is 6.03 Å². The summed E-state index contributed by atoms with van der Waals surface area (Å²) >= 11 is 11.9. The van der Waals surface area contributed by atoms with Gasteiger partial charge in [0, 0.05) is 32.7 Å². The van der Waals surface area contributed by atoms with Gasteiger partial charge in [-0.2, -0.15) is 0 Å². The second-order valence-electron chi connectivity index (χ2n) is 4.35. The third-order valence-electron chi connectivity index (χ3n) is 3.07. The number of nitrogens with two attached hydrogens (primary N) is 1. The molecule has 0 unspecified atom stereocenters. The molecule has 0 radical (unpaired) electrons. The predicted molar refractivity (Wildman–Crippen MR) is 72.9 cm³/mol. The third kappa shape index (κ3) is 3.28. The van der Waals surface area contributed by atoms with Crippen molar-refractivity contribution in [3.05, 3.63) is 33.8 Å². The van der Waals surface area contributed by atoms with Crippen molar-refractivity contribution in [2.24, 2.45) is 5.73 Å². The predicted octanol–water partition coefficient (Wildman–Crippen LogP) is 2.19. The van der Waals surface area contributed by atoms with Gasteiger partial charge in [-0.05, 0) is 17.7 Å². The van der Waals surface area contributed by atoms with Gasteiger partial charge in [-0.3, -0.25) is 4.90 Å². The van der Waals surface area contributed by atoms with Crippen LogP contribution in [0.25, 0.3) is 0 Å². The van der Waals surface area contributed by atoms with Gasteiger partial charge in [0.15, 0.2) is 0 Å². The molecule has 2 amide bonds. The highest BCUT2D eigenvalue weighted by atomic mass is 35.5. The first-order chi connectivity index (χ1) is 8.56. The fraction of sp³-hybridized carbons (Fsp3) is 0.417. The number of carbonyl (C=O) groups is 1. The molecule has 0 spiro atoms. The molecule has 2 N–H and O–H groups in total. The molecule has 1 aliphatic rings. The normalized spacial score (nSPS) is 16.9. The van der Waals surface area contributed by atoms with E-state index in [1.54, 1.807) is 11.0 Å². The van der Waals surface area contributed by atoms with Crippen molar-refractivity contribution in [3.8, 4) is 0 Å². The lowest BCUT2D eigenvalue weighted by Crippen LogP contribution is -2.50. The van der Waals surface area contributed by atoms with Crippen LogP contribution >= 0.6 is 23.2 Å². The van der Waals surface area contributed by atoms with Crippen LogP contribution in [-0.2, 0) is 6.54 Å². The number of primary amides is 1. The van der Waals surface area contributed by atoms with Gasteiger partial charge >= 0.3 is 6.03 Å². The molecule has 1 fully saturated rings. The molecule has 1 aromatic carbocycles. The average molecular weight is 288 g/mol. The fourth-order valence-corrected chi connectivity index (χ4v) is 2.34. The first-order valence-electron chi connectivity index (χ1n) is 5.77. The lowest BCUT2D eigenvalue weighted by molar-refractivity contribution is 0.140. The molecule has 0 atom stereocenters. The number of carbonyl (C=O) groups excluding carboxylic acids is 1. The Hall–Kier alpha value is -0.970. The lowest BCUT2D eigenvalue weighted by Gasteiger charge is -2.33. The van der Waals surface area contributed by atoms with Gasteiger partial charge in [0.25, 0.3) is 0 Å². The number of hydrogen-bond acceptors (Lipinski definition) is 2. The number of nitrogens with zero attached hydrogens (tertiary/aromatic N) is 2.